The third-order valence-corrected chi connectivity index (χ3v) is 3.05. The van der Waals surface area contributed by atoms with Gasteiger partial charge in [-0.2, -0.15) is 0 Å². The van der Waals surface area contributed by atoms with Gasteiger partial charge < -0.3 is 15.7 Å². The van der Waals surface area contributed by atoms with Crippen molar-refractivity contribution in [2.45, 2.75) is 19.9 Å². The number of rotatable bonds is 6. The maximum atomic E-state index is 11.5. The SMILES string of the molecule is CC(CCNC(=O)NCc1ccccc1Cl)C(=O)O. The number of aliphatic carboxylic acids is 1. The van der Waals surface area contributed by atoms with Gasteiger partial charge >= 0.3 is 12.0 Å². The fraction of sp³-hybridized carbons (Fsp3) is 0.385. The Balaban J connectivity index is 2.25. The van der Waals surface area contributed by atoms with Crippen LogP contribution in [0.4, 0.5) is 4.79 Å². The minimum absolute atomic E-state index is 0.321. The number of urea groups is 1. The summed E-state index contributed by atoms with van der Waals surface area (Å²) >= 11 is 5.95. The topological polar surface area (TPSA) is 78.4 Å². The summed E-state index contributed by atoms with van der Waals surface area (Å²) in [7, 11) is 0. The number of benzene rings is 1. The van der Waals surface area contributed by atoms with E-state index >= 15 is 0 Å². The van der Waals surface area contributed by atoms with Crippen LogP contribution in [0.1, 0.15) is 18.9 Å². The molecule has 5 nitrogen and oxygen atoms in total. The van der Waals surface area contributed by atoms with Gasteiger partial charge in [-0.25, -0.2) is 4.79 Å². The Bertz CT molecular complexity index is 451. The maximum absolute atomic E-state index is 11.5. The third kappa shape index (κ3) is 5.61. The lowest BCUT2D eigenvalue weighted by Gasteiger charge is -2.10. The van der Waals surface area contributed by atoms with Crippen LogP contribution in [0.2, 0.25) is 5.02 Å². The highest BCUT2D eigenvalue weighted by Gasteiger charge is 2.10. The van der Waals surface area contributed by atoms with Crippen molar-refractivity contribution in [2.24, 2.45) is 5.92 Å². The van der Waals surface area contributed by atoms with Crippen molar-refractivity contribution < 1.29 is 14.7 Å². The van der Waals surface area contributed by atoms with Crippen LogP contribution in [-0.4, -0.2) is 23.7 Å². The molecule has 0 aromatic heterocycles. The number of carbonyl (C=O) groups is 2. The van der Waals surface area contributed by atoms with Crippen LogP contribution in [0, 0.1) is 5.92 Å². The Morgan fingerprint density at radius 2 is 2.00 bits per heavy atom. The number of carbonyl (C=O) groups excluding carboxylic acids is 1. The van der Waals surface area contributed by atoms with E-state index < -0.39 is 11.9 Å². The minimum Gasteiger partial charge on any atom is -0.481 e. The van der Waals surface area contributed by atoms with Crippen LogP contribution in [0.3, 0.4) is 0 Å². The molecule has 0 bridgehead atoms. The van der Waals surface area contributed by atoms with Crippen LogP contribution in [0.5, 0.6) is 0 Å². The molecule has 0 aliphatic carbocycles. The highest BCUT2D eigenvalue weighted by molar-refractivity contribution is 6.31. The average molecular weight is 285 g/mol. The molecule has 0 saturated heterocycles. The third-order valence-electron chi connectivity index (χ3n) is 2.68. The number of nitrogens with one attached hydrogen (secondary N) is 2. The first-order valence-corrected chi connectivity index (χ1v) is 6.36. The van der Waals surface area contributed by atoms with E-state index in [-0.39, 0.29) is 6.03 Å². The summed E-state index contributed by atoms with van der Waals surface area (Å²) in [6.07, 6.45) is 0.398. The molecule has 0 saturated carbocycles. The Hall–Kier alpha value is -1.75. The summed E-state index contributed by atoms with van der Waals surface area (Å²) < 4.78 is 0. The Kier molecular flexibility index (Phi) is 6.15. The van der Waals surface area contributed by atoms with Gasteiger partial charge in [-0.05, 0) is 18.1 Å². The van der Waals surface area contributed by atoms with Crippen molar-refractivity contribution in [1.29, 1.82) is 0 Å². The van der Waals surface area contributed by atoms with Crippen LogP contribution in [0.25, 0.3) is 0 Å². The van der Waals surface area contributed by atoms with Gasteiger partial charge in [0.1, 0.15) is 0 Å². The second-order valence-electron chi connectivity index (χ2n) is 4.23. The van der Waals surface area contributed by atoms with Gasteiger partial charge in [-0.15, -0.1) is 0 Å². The molecule has 3 N–H and O–H groups in total. The van der Waals surface area contributed by atoms with E-state index in [0.29, 0.717) is 24.5 Å². The summed E-state index contributed by atoms with van der Waals surface area (Å²) in [5.74, 6) is -1.33. The van der Waals surface area contributed by atoms with Crippen molar-refractivity contribution in [3.8, 4) is 0 Å². The van der Waals surface area contributed by atoms with E-state index in [1.807, 2.05) is 18.2 Å². The molecule has 0 heterocycles. The van der Waals surface area contributed by atoms with Gasteiger partial charge in [0.05, 0.1) is 5.92 Å². The lowest BCUT2D eigenvalue weighted by molar-refractivity contribution is -0.141. The van der Waals surface area contributed by atoms with Gasteiger partial charge in [0.25, 0.3) is 0 Å². The molecular formula is C13H17ClN2O3. The highest BCUT2D eigenvalue weighted by Crippen LogP contribution is 2.14. The molecule has 1 unspecified atom stereocenters. The number of halogens is 1. The monoisotopic (exact) mass is 284 g/mol. The fourth-order valence-electron chi connectivity index (χ4n) is 1.41. The molecule has 0 aliphatic heterocycles. The quantitative estimate of drug-likeness (QED) is 0.750. The molecule has 0 radical (unpaired) electrons. The van der Waals surface area contributed by atoms with Gasteiger partial charge in [-0.3, -0.25) is 4.79 Å². The lowest BCUT2D eigenvalue weighted by atomic mass is 10.1. The van der Waals surface area contributed by atoms with E-state index in [1.54, 1.807) is 13.0 Å². The van der Waals surface area contributed by atoms with Crippen molar-refractivity contribution in [2.75, 3.05) is 6.54 Å². The molecule has 0 aliphatic rings. The maximum Gasteiger partial charge on any atom is 0.315 e. The molecule has 1 aromatic carbocycles. The average Bonchev–Trinajstić information content (AvgIpc) is 2.37. The summed E-state index contributed by atoms with van der Waals surface area (Å²) in [6.45, 7) is 2.26. The molecule has 2 amide bonds. The zero-order valence-corrected chi connectivity index (χ0v) is 11.4. The molecular weight excluding hydrogens is 268 g/mol. The van der Waals surface area contributed by atoms with Crippen molar-refractivity contribution in [1.82, 2.24) is 10.6 Å². The summed E-state index contributed by atoms with van der Waals surface area (Å²) in [6, 6.07) is 6.91. The molecule has 1 rings (SSSR count). The Morgan fingerprint density at radius 1 is 1.32 bits per heavy atom. The first-order chi connectivity index (χ1) is 9.00. The summed E-state index contributed by atoms with van der Waals surface area (Å²) in [5.41, 5.74) is 0.832. The smallest absolute Gasteiger partial charge is 0.315 e. The molecule has 19 heavy (non-hydrogen) atoms. The van der Waals surface area contributed by atoms with Gasteiger partial charge in [0.2, 0.25) is 0 Å². The summed E-state index contributed by atoms with van der Waals surface area (Å²) in [4.78, 5) is 22.0. The van der Waals surface area contributed by atoms with E-state index in [1.165, 1.54) is 0 Å². The van der Waals surface area contributed by atoms with Crippen LogP contribution in [-0.2, 0) is 11.3 Å². The van der Waals surface area contributed by atoms with Crippen molar-refractivity contribution in [3.05, 3.63) is 34.9 Å². The van der Waals surface area contributed by atoms with Crippen LogP contribution in [0.15, 0.2) is 24.3 Å². The van der Waals surface area contributed by atoms with Gasteiger partial charge in [-0.1, -0.05) is 36.7 Å². The Morgan fingerprint density at radius 3 is 2.63 bits per heavy atom. The molecule has 1 aromatic rings. The fourth-order valence-corrected chi connectivity index (χ4v) is 1.61. The number of hydrogen-bond acceptors (Lipinski definition) is 2. The van der Waals surface area contributed by atoms with Crippen molar-refractivity contribution >= 4 is 23.6 Å². The molecule has 1 atom stereocenters. The lowest BCUT2D eigenvalue weighted by Crippen LogP contribution is -2.36. The van der Waals surface area contributed by atoms with E-state index in [2.05, 4.69) is 10.6 Å². The predicted molar refractivity (Wildman–Crippen MR) is 73.1 cm³/mol. The zero-order valence-electron chi connectivity index (χ0n) is 10.6. The van der Waals surface area contributed by atoms with Crippen LogP contribution < -0.4 is 10.6 Å². The number of carboxylic acids is 1. The molecule has 104 valence electrons. The second-order valence-corrected chi connectivity index (χ2v) is 4.64. The summed E-state index contributed by atoms with van der Waals surface area (Å²) in [5, 5.41) is 14.5. The number of amides is 2. The van der Waals surface area contributed by atoms with Crippen LogP contribution >= 0.6 is 11.6 Å². The largest absolute Gasteiger partial charge is 0.481 e. The second kappa shape index (κ2) is 7.63. The van der Waals surface area contributed by atoms with Gasteiger partial charge in [0.15, 0.2) is 0 Å². The standard InChI is InChI=1S/C13H17ClN2O3/c1-9(12(17)18)6-7-15-13(19)16-8-10-4-2-3-5-11(10)14/h2-5,9H,6-8H2,1H3,(H,17,18)(H2,15,16,19). The number of carboxylic acid groups (broad SMARTS) is 1. The molecule has 0 spiro atoms. The minimum atomic E-state index is -0.863. The van der Waals surface area contributed by atoms with Gasteiger partial charge in [0, 0.05) is 18.1 Å². The highest BCUT2D eigenvalue weighted by atomic mass is 35.5. The zero-order chi connectivity index (χ0) is 14.3. The van der Waals surface area contributed by atoms with E-state index in [9.17, 15) is 9.59 Å². The van der Waals surface area contributed by atoms with E-state index in [4.69, 9.17) is 16.7 Å². The normalized spacial score (nSPS) is 11.7. The number of hydrogen-bond donors (Lipinski definition) is 3. The predicted octanol–water partition coefficient (Wildman–Crippen LogP) is 2.25. The van der Waals surface area contributed by atoms with E-state index in [0.717, 1.165) is 5.56 Å². The molecule has 6 heteroatoms. The first kappa shape index (κ1) is 15.3. The first-order valence-electron chi connectivity index (χ1n) is 5.98. The van der Waals surface area contributed by atoms with Crippen molar-refractivity contribution in [3.63, 3.8) is 0 Å². The molecule has 0 fully saturated rings. The Labute approximate surface area is 117 Å².